The number of carbonyl (C=O) groups excluding carboxylic acids is 1. The molecule has 1 aliphatic rings. The molecule has 0 aliphatic carbocycles. The Hall–Kier alpha value is -6.87. The third kappa shape index (κ3) is 10.4. The van der Waals surface area contributed by atoms with Crippen molar-refractivity contribution < 1.29 is 79.7 Å². The number of carbonyl (C=O) groups is 2. The molecule has 1 unspecified atom stereocenters. The van der Waals surface area contributed by atoms with E-state index in [0.29, 0.717) is 56.0 Å². The summed E-state index contributed by atoms with van der Waals surface area (Å²) < 4.78 is 82.2. The number of benzene rings is 6. The second-order valence-corrected chi connectivity index (χ2v) is 17.8. The highest BCUT2D eigenvalue weighted by Gasteiger charge is 2.41. The Morgan fingerprint density at radius 2 is 1.48 bits per heavy atom. The van der Waals surface area contributed by atoms with E-state index in [1.807, 2.05) is 0 Å². The number of aliphatic carboxylic acids is 1. The molecule has 1 heterocycles. The van der Waals surface area contributed by atoms with Crippen LogP contribution < -0.4 is 20.6 Å². The van der Waals surface area contributed by atoms with Crippen molar-refractivity contribution in [3.8, 4) is 11.5 Å². The largest absolute Gasteiger partial charge is 0.505 e. The van der Waals surface area contributed by atoms with Gasteiger partial charge in [-0.15, -0.1) is 13.8 Å². The average Bonchev–Trinajstić information content (AvgIpc) is 3.63. The summed E-state index contributed by atoms with van der Waals surface area (Å²) in [4.78, 5) is 24.8. The first-order chi connectivity index (χ1) is 31.9. The molecular weight excluding hydrogens is 969 g/mol. The maximum Gasteiger partial charge on any atom is 0.355 e. The topological polar surface area (TPSA) is 359 Å². The average molecular weight is 999 g/mol. The van der Waals surface area contributed by atoms with E-state index in [-0.39, 0.29) is 55.6 Å². The fourth-order valence-electron chi connectivity index (χ4n) is 6.48. The molecule has 0 bridgehead atoms. The number of rotatable bonds is 18. The highest BCUT2D eigenvalue weighted by molar-refractivity contribution is 7.95. The van der Waals surface area contributed by atoms with Crippen molar-refractivity contribution >= 4 is 118 Å². The highest BCUT2D eigenvalue weighted by Crippen LogP contribution is 2.44. The van der Waals surface area contributed by atoms with Crippen molar-refractivity contribution in [3.63, 3.8) is 0 Å². The van der Waals surface area contributed by atoms with Gasteiger partial charge in [-0.3, -0.25) is 24.8 Å². The molecule has 1 amide bonds. The van der Waals surface area contributed by atoms with E-state index in [9.17, 15) is 45.7 Å². The maximum atomic E-state index is 13.3. The molecular formula is C38H30N8O17S4. The van der Waals surface area contributed by atoms with Crippen LogP contribution >= 0.6 is 24.1 Å². The van der Waals surface area contributed by atoms with Crippen LogP contribution in [0, 0.1) is 6.92 Å². The second kappa shape index (κ2) is 19.9. The number of phenols is 1. The molecule has 6 aromatic carbocycles. The Kier molecular flexibility index (Phi) is 14.3. The molecule has 0 spiro atoms. The minimum atomic E-state index is -4.86. The first kappa shape index (κ1) is 48.1. The number of fused-ring (bicyclic) bond motifs is 2. The van der Waals surface area contributed by atoms with Crippen LogP contribution in [0.3, 0.4) is 0 Å². The molecule has 25 nitrogen and oxygen atoms in total. The molecule has 67 heavy (non-hydrogen) atoms. The lowest BCUT2D eigenvalue weighted by atomic mass is 10.1. The number of ether oxygens (including phenoxy) is 1. The van der Waals surface area contributed by atoms with E-state index in [4.69, 9.17) is 15.3 Å². The molecule has 0 saturated carbocycles. The van der Waals surface area contributed by atoms with E-state index in [1.54, 1.807) is 19.1 Å². The minimum Gasteiger partial charge on any atom is -0.505 e. The zero-order valence-electron chi connectivity index (χ0n) is 33.7. The van der Waals surface area contributed by atoms with Gasteiger partial charge in [0, 0.05) is 21.7 Å². The minimum absolute atomic E-state index is 0.00188. The molecule has 7 rings (SSSR count). The monoisotopic (exact) mass is 998 g/mol. The summed E-state index contributed by atoms with van der Waals surface area (Å²) in [6.07, 6.45) is 0. The fraction of sp³-hybridized carbons (Fsp3) is 0.0789. The van der Waals surface area contributed by atoms with Crippen molar-refractivity contribution in [2.24, 2.45) is 25.6 Å². The molecule has 0 saturated heterocycles. The molecule has 6 aromatic rings. The van der Waals surface area contributed by atoms with Gasteiger partial charge < -0.3 is 14.9 Å². The van der Waals surface area contributed by atoms with Crippen LogP contribution in [-0.2, 0) is 48.6 Å². The molecule has 8 N–H and O–H groups in total. The zero-order chi connectivity index (χ0) is 48.2. The molecule has 1 aliphatic heterocycles. The second-order valence-electron chi connectivity index (χ2n) is 13.5. The van der Waals surface area contributed by atoms with E-state index < -0.39 is 53.7 Å². The number of amides is 1. The van der Waals surface area contributed by atoms with Gasteiger partial charge in [0.25, 0.3) is 26.1 Å². The van der Waals surface area contributed by atoms with Crippen LogP contribution in [0.1, 0.15) is 5.56 Å². The Morgan fingerprint density at radius 1 is 0.791 bits per heavy atom. The number of phenolic OH excluding ortho intramolecular Hbond substituents is 1. The molecule has 0 fully saturated rings. The summed E-state index contributed by atoms with van der Waals surface area (Å²) in [5.74, 6) is -2.68. The van der Waals surface area contributed by atoms with Gasteiger partial charge in [-0.05, 0) is 90.0 Å². The number of methoxy groups -OCH3 is 1. The number of hydrazone groups is 1. The highest BCUT2D eigenvalue weighted by atomic mass is 32.2. The molecule has 29 heteroatoms. The molecule has 0 aromatic heterocycles. The number of hydrogen-bond acceptors (Lipinski definition) is 23. The number of hydrogen-bond donors (Lipinski definition) is 8. The van der Waals surface area contributed by atoms with Gasteiger partial charge in [-0.1, -0.05) is 28.3 Å². The van der Waals surface area contributed by atoms with Gasteiger partial charge in [-0.2, -0.15) is 42.3 Å². The lowest BCUT2D eigenvalue weighted by Crippen LogP contribution is -2.33. The SMILES string of the molecule is COc1cc(N=Nc2ccc3c(SOOO)cccc3c2S(=O)(=O)O)c(C)cc1NNc1c(SOOO)cc2cc(N=NC3C(=O)N(c4ccc(S(=O)(=O)O)cc4)N=C3C(=O)O)ccc2c1O. The number of nitrogens with one attached hydrogen (secondary N) is 2. The lowest BCUT2D eigenvalue weighted by Gasteiger charge is -2.18. The molecule has 1 atom stereocenters. The van der Waals surface area contributed by atoms with Gasteiger partial charge in [0.05, 0.1) is 63.7 Å². The standard InChI is InChI=1S/C38H30N8O17S4/c1-18-14-28(29(59-2)17-27(18)41-40-26-13-12-24-25(36(26)67(56,57)58)4-3-5-30(24)64-62-60-51)42-43-32-31(65-63-61-52)16-19-15-20(6-11-23(19)35(32)47)39-44-33-34(38(49)50)45-46(37(33)48)21-7-9-22(10-8-21)66(53,54)55/h3-17,33,42-43,47,51-52H,1-2H3,(H,49,50)(H,53,54,55)(H,56,57,58). The fourth-order valence-corrected chi connectivity index (χ4v) is 8.81. The van der Waals surface area contributed by atoms with Crippen LogP contribution in [0.4, 0.5) is 34.1 Å². The zero-order valence-corrected chi connectivity index (χ0v) is 37.0. The Morgan fingerprint density at radius 3 is 2.13 bits per heavy atom. The number of anilines is 3. The summed E-state index contributed by atoms with van der Waals surface area (Å²) >= 11 is 1.07. The number of carboxylic acids is 1. The molecule has 348 valence electrons. The van der Waals surface area contributed by atoms with E-state index in [1.165, 1.54) is 61.7 Å². The normalized spacial score (nSPS) is 14.4. The van der Waals surface area contributed by atoms with Crippen molar-refractivity contribution in [2.75, 3.05) is 23.0 Å². The van der Waals surface area contributed by atoms with Crippen molar-refractivity contribution in [3.05, 3.63) is 96.6 Å². The quantitative estimate of drug-likeness (QED) is 0.0100. The van der Waals surface area contributed by atoms with Crippen LogP contribution in [0.5, 0.6) is 11.5 Å². The predicted octanol–water partition coefficient (Wildman–Crippen LogP) is 8.16. The van der Waals surface area contributed by atoms with Gasteiger partial charge in [0.15, 0.2) is 5.71 Å². The maximum absolute atomic E-state index is 13.3. The summed E-state index contributed by atoms with van der Waals surface area (Å²) in [5.41, 5.74) is 5.99. The van der Waals surface area contributed by atoms with Crippen molar-refractivity contribution in [1.82, 2.24) is 0 Å². The number of aromatic hydroxyl groups is 1. The van der Waals surface area contributed by atoms with Crippen LogP contribution in [0.25, 0.3) is 21.5 Å². The van der Waals surface area contributed by atoms with Crippen LogP contribution in [0.2, 0.25) is 0 Å². The number of hydrazine groups is 1. The first-order valence-electron chi connectivity index (χ1n) is 18.3. The van der Waals surface area contributed by atoms with Gasteiger partial charge >= 0.3 is 5.97 Å². The van der Waals surface area contributed by atoms with Crippen LogP contribution in [0.15, 0.2) is 136 Å². The number of aryl methyl sites for hydroxylation is 1. The van der Waals surface area contributed by atoms with Gasteiger partial charge in [0.2, 0.25) is 6.04 Å². The first-order valence-corrected chi connectivity index (χ1v) is 22.7. The van der Waals surface area contributed by atoms with E-state index in [0.717, 1.165) is 24.3 Å². The Labute approximate surface area is 384 Å². The third-order valence-corrected chi connectivity index (χ3v) is 12.6. The predicted molar refractivity (Wildman–Crippen MR) is 237 cm³/mol. The van der Waals surface area contributed by atoms with E-state index >= 15 is 0 Å². The van der Waals surface area contributed by atoms with Crippen molar-refractivity contribution in [1.29, 1.82) is 0 Å². The van der Waals surface area contributed by atoms with Gasteiger partial charge in [0.1, 0.15) is 27.8 Å². The number of azo groups is 2. The summed E-state index contributed by atoms with van der Waals surface area (Å²) in [6, 6.07) is 18.7. The van der Waals surface area contributed by atoms with Crippen molar-refractivity contribution in [2.45, 2.75) is 32.5 Å². The Balaban J connectivity index is 1.13. The third-order valence-electron chi connectivity index (χ3n) is 9.48. The van der Waals surface area contributed by atoms with Crippen LogP contribution in [-0.4, -0.2) is 77.4 Å². The summed E-state index contributed by atoms with van der Waals surface area (Å²) in [6.45, 7) is 1.66. The van der Waals surface area contributed by atoms with E-state index in [2.05, 4.69) is 55.2 Å². The number of nitrogens with zero attached hydrogens (tertiary/aromatic N) is 6. The Bertz CT molecular complexity index is 3270. The van der Waals surface area contributed by atoms with Gasteiger partial charge in [-0.25, -0.2) is 15.3 Å². The number of carboxylic acid groups (broad SMARTS) is 1. The molecule has 0 radical (unpaired) electrons. The summed E-state index contributed by atoms with van der Waals surface area (Å²) in [5, 5.41) is 68.0. The lowest BCUT2D eigenvalue weighted by molar-refractivity contribution is -0.432. The smallest absolute Gasteiger partial charge is 0.355 e. The summed E-state index contributed by atoms with van der Waals surface area (Å²) in [7, 11) is -8.05.